The second-order valence-electron chi connectivity index (χ2n) is 6.67. The van der Waals surface area contributed by atoms with Crippen LogP contribution in [0.25, 0.3) is 0 Å². The Morgan fingerprint density at radius 2 is 1.55 bits per heavy atom. The SMILES string of the molecule is CN=C(NCCc1ccc(OCc2ccccc2)cc1)NCCc1ccccn1. The zero-order valence-corrected chi connectivity index (χ0v) is 16.8. The maximum Gasteiger partial charge on any atom is 0.190 e. The summed E-state index contributed by atoms with van der Waals surface area (Å²) < 4.78 is 5.84. The van der Waals surface area contributed by atoms with Crippen LogP contribution in [-0.4, -0.2) is 31.1 Å². The molecule has 0 aliphatic rings. The number of pyridine rings is 1. The first-order valence-electron chi connectivity index (χ1n) is 9.93. The monoisotopic (exact) mass is 388 g/mol. The van der Waals surface area contributed by atoms with Crippen LogP contribution in [0.4, 0.5) is 0 Å². The Kier molecular flexibility index (Phi) is 8.08. The average Bonchev–Trinajstić information content (AvgIpc) is 2.79. The lowest BCUT2D eigenvalue weighted by Gasteiger charge is -2.12. The van der Waals surface area contributed by atoms with E-state index in [4.69, 9.17) is 4.74 Å². The van der Waals surface area contributed by atoms with Crippen molar-refractivity contribution in [2.45, 2.75) is 19.4 Å². The van der Waals surface area contributed by atoms with E-state index >= 15 is 0 Å². The maximum atomic E-state index is 5.84. The lowest BCUT2D eigenvalue weighted by Crippen LogP contribution is -2.39. The van der Waals surface area contributed by atoms with Gasteiger partial charge >= 0.3 is 0 Å². The van der Waals surface area contributed by atoms with Crippen molar-refractivity contribution in [2.75, 3.05) is 20.1 Å². The molecule has 3 aromatic rings. The molecule has 0 aliphatic heterocycles. The minimum Gasteiger partial charge on any atom is -0.489 e. The topological polar surface area (TPSA) is 58.5 Å². The molecule has 5 nitrogen and oxygen atoms in total. The second-order valence-corrected chi connectivity index (χ2v) is 6.67. The highest BCUT2D eigenvalue weighted by Gasteiger charge is 2.00. The molecule has 0 amide bonds. The van der Waals surface area contributed by atoms with E-state index in [-0.39, 0.29) is 0 Å². The minimum atomic E-state index is 0.586. The Balaban J connectivity index is 1.35. The van der Waals surface area contributed by atoms with Crippen LogP contribution in [0.2, 0.25) is 0 Å². The molecule has 2 aromatic carbocycles. The van der Waals surface area contributed by atoms with E-state index in [1.54, 1.807) is 7.05 Å². The molecule has 0 unspecified atom stereocenters. The Bertz CT molecular complexity index is 864. The van der Waals surface area contributed by atoms with Crippen molar-refractivity contribution in [1.29, 1.82) is 0 Å². The third-order valence-corrected chi connectivity index (χ3v) is 4.50. The van der Waals surface area contributed by atoms with E-state index in [2.05, 4.69) is 44.9 Å². The third-order valence-electron chi connectivity index (χ3n) is 4.50. The summed E-state index contributed by atoms with van der Waals surface area (Å²) in [5.74, 6) is 1.70. The number of nitrogens with zero attached hydrogens (tertiary/aromatic N) is 2. The Morgan fingerprint density at radius 1 is 0.828 bits per heavy atom. The van der Waals surface area contributed by atoms with Crippen molar-refractivity contribution in [3.05, 3.63) is 95.8 Å². The zero-order chi connectivity index (χ0) is 20.2. The molecule has 0 spiro atoms. The number of hydrogen-bond donors (Lipinski definition) is 2. The van der Waals surface area contributed by atoms with Gasteiger partial charge in [-0.2, -0.15) is 0 Å². The number of nitrogens with one attached hydrogen (secondary N) is 2. The number of rotatable bonds is 9. The Hall–Kier alpha value is -3.34. The third kappa shape index (κ3) is 7.30. The molecule has 0 saturated heterocycles. The number of ether oxygens (including phenoxy) is 1. The number of hydrogen-bond acceptors (Lipinski definition) is 3. The van der Waals surface area contributed by atoms with Gasteiger partial charge in [0.05, 0.1) is 0 Å². The Morgan fingerprint density at radius 3 is 2.24 bits per heavy atom. The highest BCUT2D eigenvalue weighted by atomic mass is 16.5. The number of aromatic nitrogens is 1. The van der Waals surface area contributed by atoms with Gasteiger partial charge in [0.1, 0.15) is 12.4 Å². The second kappa shape index (κ2) is 11.5. The van der Waals surface area contributed by atoms with Gasteiger partial charge in [-0.25, -0.2) is 0 Å². The molecular formula is C24H28N4O. The lowest BCUT2D eigenvalue weighted by molar-refractivity contribution is 0.306. The highest BCUT2D eigenvalue weighted by molar-refractivity contribution is 5.79. The molecule has 1 aromatic heterocycles. The fraction of sp³-hybridized carbons (Fsp3) is 0.250. The number of guanidine groups is 1. The van der Waals surface area contributed by atoms with Crippen LogP contribution in [0, 0.1) is 0 Å². The van der Waals surface area contributed by atoms with Gasteiger partial charge < -0.3 is 15.4 Å². The van der Waals surface area contributed by atoms with Crippen molar-refractivity contribution in [1.82, 2.24) is 15.6 Å². The van der Waals surface area contributed by atoms with Gasteiger partial charge in [0.25, 0.3) is 0 Å². The van der Waals surface area contributed by atoms with E-state index in [9.17, 15) is 0 Å². The summed E-state index contributed by atoms with van der Waals surface area (Å²) in [4.78, 5) is 8.60. The first kappa shape index (κ1) is 20.4. The van der Waals surface area contributed by atoms with Crippen LogP contribution in [0.1, 0.15) is 16.8 Å². The smallest absolute Gasteiger partial charge is 0.190 e. The van der Waals surface area contributed by atoms with Crippen LogP contribution in [0.5, 0.6) is 5.75 Å². The quantitative estimate of drug-likeness (QED) is 0.434. The summed E-state index contributed by atoms with van der Waals surface area (Å²) in [5, 5.41) is 6.68. The van der Waals surface area contributed by atoms with E-state index in [0.29, 0.717) is 6.61 Å². The first-order valence-corrected chi connectivity index (χ1v) is 9.93. The molecule has 0 atom stereocenters. The first-order chi connectivity index (χ1) is 14.3. The van der Waals surface area contributed by atoms with Crippen molar-refractivity contribution < 1.29 is 4.74 Å². The lowest BCUT2D eigenvalue weighted by atomic mass is 10.1. The maximum absolute atomic E-state index is 5.84. The highest BCUT2D eigenvalue weighted by Crippen LogP contribution is 2.14. The number of benzene rings is 2. The van der Waals surface area contributed by atoms with Gasteiger partial charge in [0.15, 0.2) is 5.96 Å². The fourth-order valence-electron chi connectivity index (χ4n) is 2.89. The van der Waals surface area contributed by atoms with Crippen molar-refractivity contribution in [3.63, 3.8) is 0 Å². The van der Waals surface area contributed by atoms with Gasteiger partial charge in [-0.1, -0.05) is 48.5 Å². The predicted octanol–water partition coefficient (Wildman–Crippen LogP) is 3.61. The zero-order valence-electron chi connectivity index (χ0n) is 16.8. The van der Waals surface area contributed by atoms with Crippen LogP contribution in [0.3, 0.4) is 0 Å². The molecule has 2 N–H and O–H groups in total. The molecule has 0 saturated carbocycles. The van der Waals surface area contributed by atoms with Crippen molar-refractivity contribution >= 4 is 5.96 Å². The Labute approximate surface area is 172 Å². The molecule has 0 bridgehead atoms. The molecule has 0 radical (unpaired) electrons. The van der Waals surface area contributed by atoms with Gasteiger partial charge in [0, 0.05) is 38.4 Å². The number of aliphatic imine (C=N–C) groups is 1. The molecular weight excluding hydrogens is 360 g/mol. The van der Waals surface area contributed by atoms with Gasteiger partial charge in [-0.15, -0.1) is 0 Å². The van der Waals surface area contributed by atoms with Crippen molar-refractivity contribution in [2.24, 2.45) is 4.99 Å². The summed E-state index contributed by atoms with van der Waals surface area (Å²) in [7, 11) is 1.79. The van der Waals surface area contributed by atoms with Crippen LogP contribution in [-0.2, 0) is 19.4 Å². The predicted molar refractivity (Wildman–Crippen MR) is 118 cm³/mol. The van der Waals surface area contributed by atoms with Crippen LogP contribution in [0.15, 0.2) is 84.0 Å². The van der Waals surface area contributed by atoms with Crippen LogP contribution >= 0.6 is 0 Å². The summed E-state index contributed by atoms with van der Waals surface area (Å²) >= 11 is 0. The van der Waals surface area contributed by atoms with E-state index in [1.165, 1.54) is 11.1 Å². The summed E-state index contributed by atoms with van der Waals surface area (Å²) in [5.41, 5.74) is 3.50. The van der Waals surface area contributed by atoms with Crippen molar-refractivity contribution in [3.8, 4) is 5.75 Å². The van der Waals surface area contributed by atoms with Crippen LogP contribution < -0.4 is 15.4 Å². The van der Waals surface area contributed by atoms with Gasteiger partial charge in [0.2, 0.25) is 0 Å². The van der Waals surface area contributed by atoms with Gasteiger partial charge in [-0.05, 0) is 41.8 Å². The molecule has 29 heavy (non-hydrogen) atoms. The summed E-state index contributed by atoms with van der Waals surface area (Å²) in [6.45, 7) is 2.19. The summed E-state index contributed by atoms with van der Waals surface area (Å²) in [6, 6.07) is 24.4. The molecule has 0 fully saturated rings. The molecule has 1 heterocycles. The van der Waals surface area contributed by atoms with E-state index in [1.807, 2.05) is 54.7 Å². The normalized spacial score (nSPS) is 11.1. The largest absolute Gasteiger partial charge is 0.489 e. The van der Waals surface area contributed by atoms with Gasteiger partial charge in [-0.3, -0.25) is 9.98 Å². The molecule has 0 aliphatic carbocycles. The average molecular weight is 389 g/mol. The van der Waals surface area contributed by atoms with E-state index in [0.717, 1.165) is 43.3 Å². The molecule has 150 valence electrons. The standard InChI is InChI=1S/C24H28N4O/c1-25-24(28-18-15-22-9-5-6-16-26-22)27-17-14-20-10-12-23(13-11-20)29-19-21-7-3-2-4-8-21/h2-13,16H,14-15,17-19H2,1H3,(H2,25,27,28). The molecule has 5 heteroatoms. The fourth-order valence-corrected chi connectivity index (χ4v) is 2.89. The van der Waals surface area contributed by atoms with E-state index < -0.39 is 0 Å². The summed E-state index contributed by atoms with van der Waals surface area (Å²) in [6.07, 6.45) is 3.60. The minimum absolute atomic E-state index is 0.586. The molecule has 3 rings (SSSR count).